The molecule has 1 fully saturated rings. The molecule has 0 radical (unpaired) electrons. The molecule has 3 heteroatoms. The number of halogens is 1. The van der Waals surface area contributed by atoms with E-state index in [0.717, 1.165) is 24.0 Å². The van der Waals surface area contributed by atoms with E-state index in [1.54, 1.807) is 0 Å². The normalized spacial score (nSPS) is 18.7. The van der Waals surface area contributed by atoms with Crippen molar-refractivity contribution in [2.75, 3.05) is 0 Å². The summed E-state index contributed by atoms with van der Waals surface area (Å²) in [5.74, 6) is 0.154. The molecular formula is C10H12ClNO. The number of hydrogen-bond acceptors (Lipinski definition) is 2. The number of benzene rings is 1. The van der Waals surface area contributed by atoms with Gasteiger partial charge in [0.05, 0.1) is 5.02 Å². The number of phenolic OH excluding ortho intramolecular Hbond substituents is 1. The van der Waals surface area contributed by atoms with Crippen LogP contribution in [0.1, 0.15) is 24.0 Å². The second kappa shape index (κ2) is 2.63. The highest BCUT2D eigenvalue weighted by molar-refractivity contribution is 6.32. The molecule has 0 bridgehead atoms. The van der Waals surface area contributed by atoms with E-state index in [9.17, 15) is 5.11 Å². The maximum absolute atomic E-state index is 9.74. The highest BCUT2D eigenvalue weighted by Gasteiger charge is 2.42. The van der Waals surface area contributed by atoms with Crippen LogP contribution in [0.5, 0.6) is 5.75 Å². The van der Waals surface area contributed by atoms with Gasteiger partial charge in [0.15, 0.2) is 0 Å². The average Bonchev–Trinajstić information content (AvgIpc) is 2.80. The van der Waals surface area contributed by atoms with Crippen LogP contribution >= 0.6 is 11.6 Å². The zero-order valence-corrected chi connectivity index (χ0v) is 8.23. The molecule has 1 aromatic rings. The van der Waals surface area contributed by atoms with Crippen LogP contribution in [0.25, 0.3) is 0 Å². The van der Waals surface area contributed by atoms with E-state index in [1.165, 1.54) is 0 Å². The third-order valence-electron chi connectivity index (χ3n) is 2.63. The van der Waals surface area contributed by atoms with Gasteiger partial charge < -0.3 is 10.8 Å². The lowest BCUT2D eigenvalue weighted by molar-refractivity contribution is 0.459. The van der Waals surface area contributed by atoms with Crippen LogP contribution in [0.3, 0.4) is 0 Å². The van der Waals surface area contributed by atoms with Gasteiger partial charge in [0.25, 0.3) is 0 Å². The Morgan fingerprint density at radius 3 is 2.62 bits per heavy atom. The predicted octanol–water partition coefficient (Wildman–Crippen LogP) is 2.30. The summed E-state index contributed by atoms with van der Waals surface area (Å²) >= 11 is 5.91. The van der Waals surface area contributed by atoms with Crippen LogP contribution in [0.4, 0.5) is 0 Å². The summed E-state index contributed by atoms with van der Waals surface area (Å²) in [5, 5.41) is 10.2. The van der Waals surface area contributed by atoms with Gasteiger partial charge in [-0.05, 0) is 25.3 Å². The van der Waals surface area contributed by atoms with E-state index in [4.69, 9.17) is 17.3 Å². The predicted molar refractivity (Wildman–Crippen MR) is 53.0 cm³/mol. The van der Waals surface area contributed by atoms with Crippen molar-refractivity contribution in [2.45, 2.75) is 25.3 Å². The molecular weight excluding hydrogens is 186 g/mol. The standard InChI is InChI=1S/C10H12ClNO/c1-6-2-3-7(9(13)8(6)11)10(12)4-5-10/h2-3,13H,4-5,12H2,1H3. The maximum atomic E-state index is 9.74. The molecule has 2 rings (SSSR count). The molecule has 0 heterocycles. The van der Waals surface area contributed by atoms with Gasteiger partial charge in [-0.15, -0.1) is 0 Å². The Hall–Kier alpha value is -0.730. The minimum absolute atomic E-state index is 0.154. The number of phenols is 1. The van der Waals surface area contributed by atoms with Crippen LogP contribution in [0.2, 0.25) is 5.02 Å². The first-order chi connectivity index (χ1) is 6.04. The van der Waals surface area contributed by atoms with Gasteiger partial charge in [0.2, 0.25) is 0 Å². The molecule has 0 aliphatic heterocycles. The topological polar surface area (TPSA) is 46.2 Å². The molecule has 0 atom stereocenters. The number of aryl methyl sites for hydroxylation is 1. The molecule has 1 aliphatic rings. The van der Waals surface area contributed by atoms with Gasteiger partial charge >= 0.3 is 0 Å². The summed E-state index contributed by atoms with van der Waals surface area (Å²) < 4.78 is 0. The molecule has 1 aliphatic carbocycles. The molecule has 2 nitrogen and oxygen atoms in total. The fourth-order valence-corrected chi connectivity index (χ4v) is 1.64. The lowest BCUT2D eigenvalue weighted by Gasteiger charge is -2.13. The maximum Gasteiger partial charge on any atom is 0.139 e. The van der Waals surface area contributed by atoms with E-state index in [-0.39, 0.29) is 11.3 Å². The van der Waals surface area contributed by atoms with Gasteiger partial charge in [-0.3, -0.25) is 0 Å². The van der Waals surface area contributed by atoms with Crippen molar-refractivity contribution in [3.05, 3.63) is 28.3 Å². The third kappa shape index (κ3) is 1.30. The van der Waals surface area contributed by atoms with Gasteiger partial charge in [0, 0.05) is 11.1 Å². The van der Waals surface area contributed by atoms with Gasteiger partial charge in [-0.1, -0.05) is 23.7 Å². The Morgan fingerprint density at radius 2 is 2.08 bits per heavy atom. The van der Waals surface area contributed by atoms with Crippen molar-refractivity contribution in [2.24, 2.45) is 5.73 Å². The second-order valence-electron chi connectivity index (χ2n) is 3.75. The van der Waals surface area contributed by atoms with Gasteiger partial charge in [0.1, 0.15) is 5.75 Å². The number of nitrogens with two attached hydrogens (primary N) is 1. The van der Waals surface area contributed by atoms with Gasteiger partial charge in [-0.25, -0.2) is 0 Å². The minimum atomic E-state index is -0.318. The fraction of sp³-hybridized carbons (Fsp3) is 0.400. The van der Waals surface area contributed by atoms with Crippen LogP contribution in [-0.2, 0) is 5.54 Å². The Kier molecular flexibility index (Phi) is 1.79. The first-order valence-electron chi connectivity index (χ1n) is 4.32. The van der Waals surface area contributed by atoms with Crippen molar-refractivity contribution < 1.29 is 5.11 Å². The number of rotatable bonds is 1. The zero-order valence-electron chi connectivity index (χ0n) is 7.47. The van der Waals surface area contributed by atoms with E-state index in [0.29, 0.717) is 5.02 Å². The highest BCUT2D eigenvalue weighted by Crippen LogP contribution is 2.48. The molecule has 0 spiro atoms. The van der Waals surface area contributed by atoms with Crippen LogP contribution in [0, 0.1) is 6.92 Å². The Labute approximate surface area is 82.3 Å². The van der Waals surface area contributed by atoms with Gasteiger partial charge in [-0.2, -0.15) is 0 Å². The number of aromatic hydroxyl groups is 1. The van der Waals surface area contributed by atoms with E-state index in [1.807, 2.05) is 19.1 Å². The lowest BCUT2D eigenvalue weighted by Crippen LogP contribution is -2.18. The molecule has 70 valence electrons. The van der Waals surface area contributed by atoms with Crippen molar-refractivity contribution in [3.8, 4) is 5.75 Å². The molecule has 0 amide bonds. The monoisotopic (exact) mass is 197 g/mol. The lowest BCUT2D eigenvalue weighted by atomic mass is 10.0. The molecule has 1 saturated carbocycles. The molecule has 0 aromatic heterocycles. The van der Waals surface area contributed by atoms with Crippen LogP contribution in [-0.4, -0.2) is 5.11 Å². The largest absolute Gasteiger partial charge is 0.506 e. The van der Waals surface area contributed by atoms with E-state index < -0.39 is 0 Å². The molecule has 0 unspecified atom stereocenters. The summed E-state index contributed by atoms with van der Waals surface area (Å²) in [7, 11) is 0. The molecule has 1 aromatic carbocycles. The highest BCUT2D eigenvalue weighted by atomic mass is 35.5. The van der Waals surface area contributed by atoms with E-state index >= 15 is 0 Å². The van der Waals surface area contributed by atoms with Crippen molar-refractivity contribution in [3.63, 3.8) is 0 Å². The molecule has 0 saturated heterocycles. The summed E-state index contributed by atoms with van der Waals surface area (Å²) in [6.07, 6.45) is 1.86. The minimum Gasteiger partial charge on any atom is -0.506 e. The summed E-state index contributed by atoms with van der Waals surface area (Å²) in [6, 6.07) is 3.76. The summed E-state index contributed by atoms with van der Waals surface area (Å²) in [4.78, 5) is 0. The van der Waals surface area contributed by atoms with Crippen molar-refractivity contribution >= 4 is 11.6 Å². The summed E-state index contributed by atoms with van der Waals surface area (Å²) in [5.41, 5.74) is 7.31. The van der Waals surface area contributed by atoms with Crippen molar-refractivity contribution in [1.29, 1.82) is 0 Å². The quantitative estimate of drug-likeness (QED) is 0.726. The van der Waals surface area contributed by atoms with Crippen LogP contribution in [0.15, 0.2) is 12.1 Å². The Balaban J connectivity index is 2.54. The third-order valence-corrected chi connectivity index (χ3v) is 3.11. The Bertz CT molecular complexity index is 358. The SMILES string of the molecule is Cc1ccc(C2(N)CC2)c(O)c1Cl. The first-order valence-corrected chi connectivity index (χ1v) is 4.70. The molecule has 3 N–H and O–H groups in total. The first kappa shape index (κ1) is 8.85. The second-order valence-corrected chi connectivity index (χ2v) is 4.13. The average molecular weight is 198 g/mol. The zero-order chi connectivity index (χ0) is 9.64. The number of hydrogen-bond donors (Lipinski definition) is 2. The molecule has 13 heavy (non-hydrogen) atoms. The van der Waals surface area contributed by atoms with Crippen LogP contribution < -0.4 is 5.73 Å². The fourth-order valence-electron chi connectivity index (χ4n) is 1.47. The smallest absolute Gasteiger partial charge is 0.139 e. The van der Waals surface area contributed by atoms with Crippen molar-refractivity contribution in [1.82, 2.24) is 0 Å². The Morgan fingerprint density at radius 1 is 1.46 bits per heavy atom. The van der Waals surface area contributed by atoms with E-state index in [2.05, 4.69) is 0 Å². The summed E-state index contributed by atoms with van der Waals surface area (Å²) in [6.45, 7) is 1.86.